The fraction of sp³-hybridized carbons (Fsp3) is 0.732. The number of rotatable bonds is 19. The van der Waals surface area contributed by atoms with Crippen LogP contribution in [0.25, 0.3) is 0 Å². The molecule has 0 aromatic rings. The molecule has 1 saturated heterocycles. The van der Waals surface area contributed by atoms with Crippen molar-refractivity contribution in [2.24, 2.45) is 17.8 Å². The van der Waals surface area contributed by atoms with Gasteiger partial charge in [0.25, 0.3) is 0 Å². The van der Waals surface area contributed by atoms with E-state index in [1.807, 2.05) is 45.1 Å². The number of likely N-dealkylation sites (tertiary alicyclic amines) is 1. The second-order valence-corrected chi connectivity index (χ2v) is 14.5. The Morgan fingerprint density at radius 3 is 2.02 bits per heavy atom. The van der Waals surface area contributed by atoms with Crippen LogP contribution in [-0.4, -0.2) is 111 Å². The number of nitrogens with zero attached hydrogens (tertiary/aromatic N) is 2. The molecule has 54 heavy (non-hydrogen) atoms. The fourth-order valence-corrected chi connectivity index (χ4v) is 6.33. The maximum Gasteiger partial charge on any atom is 0.242 e. The number of hydrogen-bond donors (Lipinski definition) is 3. The summed E-state index contributed by atoms with van der Waals surface area (Å²) in [6.07, 6.45) is 18.1. The van der Waals surface area contributed by atoms with Gasteiger partial charge in [0, 0.05) is 34.4 Å². The minimum Gasteiger partial charge on any atom is -0.520 e. The Kier molecular flexibility index (Phi) is 26.8. The molecule has 0 aromatic heterocycles. The monoisotopic (exact) mass is 1000 g/mol. The van der Waals surface area contributed by atoms with Crippen molar-refractivity contribution < 1.29 is 33.4 Å². The molecular weight excluding hydrogens is 931 g/mol. The van der Waals surface area contributed by atoms with Gasteiger partial charge in [-0.05, 0) is 44.9 Å². The first-order valence-corrected chi connectivity index (χ1v) is 19.5. The second kappa shape index (κ2) is 28.0. The van der Waals surface area contributed by atoms with Gasteiger partial charge >= 0.3 is 0 Å². The van der Waals surface area contributed by atoms with E-state index >= 15 is 0 Å². The molecule has 0 spiro atoms. The zero-order valence-corrected chi connectivity index (χ0v) is 37.5. The molecule has 1 aliphatic heterocycles. The molecule has 3 N–H and O–H groups in total. The summed E-state index contributed by atoms with van der Waals surface area (Å²) in [5.41, 5.74) is -1.23. The molecule has 6 unspecified atom stereocenters. The van der Waals surface area contributed by atoms with Gasteiger partial charge in [-0.1, -0.05) is 104 Å². The van der Waals surface area contributed by atoms with Gasteiger partial charge in [0.2, 0.25) is 23.6 Å². The third kappa shape index (κ3) is 17.1. The summed E-state index contributed by atoms with van der Waals surface area (Å²) in [4.78, 5) is 66.9. The normalized spacial score (nSPS) is 17.8. The summed E-state index contributed by atoms with van der Waals surface area (Å²) >= 11 is 0. The van der Waals surface area contributed by atoms with Crippen LogP contribution in [0.3, 0.4) is 0 Å². The van der Waals surface area contributed by atoms with Crippen LogP contribution in [0, 0.1) is 17.8 Å². The van der Waals surface area contributed by atoms with Crippen LogP contribution in [0.4, 0.5) is 0 Å². The zero-order chi connectivity index (χ0) is 40.6. The zero-order valence-electron chi connectivity index (χ0n) is 35.1. The maximum atomic E-state index is 13.9. The molecule has 13 heteroatoms. The molecule has 0 bridgehead atoms. The van der Waals surface area contributed by atoms with Crippen LogP contribution in [-0.2, 0) is 33.4 Å². The number of likely N-dealkylation sites (N-methyl/N-ethyl adjacent to an activating group) is 1. The van der Waals surface area contributed by atoms with Crippen LogP contribution >= 0.6 is 0 Å². The quantitative estimate of drug-likeness (QED) is 0.121. The van der Waals surface area contributed by atoms with Gasteiger partial charge in [-0.25, -0.2) is 0 Å². The summed E-state index contributed by atoms with van der Waals surface area (Å²) in [6, 6.07) is -0.729. The Balaban J connectivity index is 0. The number of carbonyl (C=O) groups is 4. The number of nitrogens with one attached hydrogen (secondary N) is 3. The number of allylic oxidation sites excluding steroid dienone is 6. The topological polar surface area (TPSA) is 146 Å². The van der Waals surface area contributed by atoms with Gasteiger partial charge in [-0.15, -0.1) is 0 Å². The second-order valence-electron chi connectivity index (χ2n) is 14.5. The van der Waals surface area contributed by atoms with E-state index in [2.05, 4.69) is 55.8 Å². The fourth-order valence-electron chi connectivity index (χ4n) is 6.33. The largest absolute Gasteiger partial charge is 0.520 e. The van der Waals surface area contributed by atoms with Crippen LogP contribution in [0.5, 0.6) is 0 Å². The van der Waals surface area contributed by atoms with Gasteiger partial charge in [0.15, 0.2) is 0 Å². The van der Waals surface area contributed by atoms with E-state index in [0.717, 1.165) is 19.3 Å². The predicted octanol–water partition coefficient (Wildman–Crippen LogP) is 5.10. The van der Waals surface area contributed by atoms with Crippen molar-refractivity contribution in [1.29, 1.82) is 0 Å². The van der Waals surface area contributed by atoms with E-state index < -0.39 is 35.6 Å². The number of carbonyl (C=O) groups excluding carboxylic acids is 5. The molecule has 0 radical (unpaired) electrons. The van der Waals surface area contributed by atoms with Crippen molar-refractivity contribution in [2.45, 2.75) is 137 Å². The van der Waals surface area contributed by atoms with E-state index in [1.54, 1.807) is 19.1 Å². The molecule has 2 aliphatic rings. The predicted molar refractivity (Wildman–Crippen MR) is 213 cm³/mol. The SMILES string of the molecule is CCC.CCC.CCC(C)C(C(CC(=O)N1CCCC1C(OC)C(C)C(=O)NCCC1C=CC=CC=C1)OC)N(C)C(=O)CNC(=O)C(C)(C)N[C-]=O.[Fm]. The van der Waals surface area contributed by atoms with Crippen molar-refractivity contribution in [3.8, 4) is 0 Å². The van der Waals surface area contributed by atoms with Gasteiger partial charge in [-0.2, -0.15) is 6.41 Å². The van der Waals surface area contributed by atoms with Crippen molar-refractivity contribution in [2.75, 3.05) is 40.9 Å². The number of amides is 5. The number of methoxy groups -OCH3 is 2. The molecule has 0 aromatic carbocycles. The van der Waals surface area contributed by atoms with E-state index in [4.69, 9.17) is 9.47 Å². The van der Waals surface area contributed by atoms with Crippen LogP contribution in [0.2, 0.25) is 0 Å². The van der Waals surface area contributed by atoms with Crippen LogP contribution in [0.1, 0.15) is 107 Å². The first kappa shape index (κ1) is 51.6. The van der Waals surface area contributed by atoms with E-state index in [9.17, 15) is 24.0 Å². The third-order valence-corrected chi connectivity index (χ3v) is 9.46. The molecule has 6 atom stereocenters. The summed E-state index contributed by atoms with van der Waals surface area (Å²) < 4.78 is 11.7. The average molecular weight is 1000 g/mol. The number of hydrogen-bond acceptors (Lipinski definition) is 7. The van der Waals surface area contributed by atoms with Crippen molar-refractivity contribution in [3.63, 3.8) is 0 Å². The molecular formula is C41H72FmN5O7-. The Hall–Kier alpha value is -4.51. The summed E-state index contributed by atoms with van der Waals surface area (Å²) in [7, 11) is 4.75. The van der Waals surface area contributed by atoms with Gasteiger partial charge < -0.3 is 40.0 Å². The summed E-state index contributed by atoms with van der Waals surface area (Å²) in [6.45, 7) is 18.1. The van der Waals surface area contributed by atoms with Crippen molar-refractivity contribution in [3.05, 3.63) is 36.5 Å². The average Bonchev–Trinajstić information content (AvgIpc) is 3.46. The molecule has 5 amide bonds. The Labute approximate surface area is 320 Å². The molecule has 1 aliphatic carbocycles. The van der Waals surface area contributed by atoms with E-state index in [-0.39, 0.29) is 48.6 Å². The van der Waals surface area contributed by atoms with Crippen molar-refractivity contribution >= 4 is 30.0 Å². The van der Waals surface area contributed by atoms with E-state index in [1.165, 1.54) is 45.1 Å². The minimum atomic E-state index is -1.23. The van der Waals surface area contributed by atoms with E-state index in [0.29, 0.717) is 19.5 Å². The van der Waals surface area contributed by atoms with Crippen LogP contribution < -0.4 is 16.0 Å². The maximum absolute atomic E-state index is 13.9. The molecule has 0 saturated carbocycles. The Morgan fingerprint density at radius 1 is 0.944 bits per heavy atom. The first-order chi connectivity index (χ1) is 25.1. The first-order valence-electron chi connectivity index (χ1n) is 19.5. The van der Waals surface area contributed by atoms with Gasteiger partial charge in [-0.3, -0.25) is 19.2 Å². The Morgan fingerprint density at radius 2 is 1.52 bits per heavy atom. The molecule has 12 nitrogen and oxygen atoms in total. The summed E-state index contributed by atoms with van der Waals surface area (Å²) in [5, 5.41) is 7.93. The summed E-state index contributed by atoms with van der Waals surface area (Å²) in [5.74, 6) is -1.37. The molecule has 316 valence electrons. The van der Waals surface area contributed by atoms with Crippen LogP contribution in [0.15, 0.2) is 36.5 Å². The number of ether oxygens (including phenoxy) is 2. The van der Waals surface area contributed by atoms with Crippen molar-refractivity contribution in [1.82, 2.24) is 25.8 Å². The smallest absolute Gasteiger partial charge is 0.242 e. The molecule has 1 fully saturated rings. The van der Waals surface area contributed by atoms with Gasteiger partial charge in [0.1, 0.15) is 0 Å². The van der Waals surface area contributed by atoms with Gasteiger partial charge in [0.05, 0.1) is 48.7 Å². The molecule has 1 heterocycles. The minimum absolute atomic E-state index is 0. The Bertz CT molecular complexity index is 1180. The molecule has 2 rings (SSSR count). The standard InChI is InChI=1S/C35H56N5O7.2C3H8.Fm/c1-9-24(2)31(39(6)30(43)22-37-34(45)35(4,5)38-23-41)28(46-7)21-29(42)40-20-14-17-27(40)32(47-8)25(3)33(44)36-19-18-26-15-12-10-11-13-16-26;2*1-3-2;/h10-13,15-16,24-28,31-32H,9,14,17-22H2,1-8H3,(H,36,44)(H,37,45)(H,38,41);2*3H2,1-2H3;/q-1;;;. The third-order valence-electron chi connectivity index (χ3n) is 9.46.